The number of thioether (sulfide) groups is 1. The number of aliphatic hydroxyl groups is 1. The molecule has 1 unspecified atom stereocenters. The minimum atomic E-state index is -0.957. The van der Waals surface area contributed by atoms with Gasteiger partial charge in [-0.05, 0) is 49.1 Å². The lowest BCUT2D eigenvalue weighted by Gasteiger charge is -2.14. The molecule has 0 aliphatic heterocycles. The van der Waals surface area contributed by atoms with Crippen LogP contribution in [-0.2, 0) is 6.54 Å². The van der Waals surface area contributed by atoms with E-state index in [9.17, 15) is 14.7 Å². The first-order valence-electron chi connectivity index (χ1n) is 9.61. The van der Waals surface area contributed by atoms with Crippen molar-refractivity contribution in [1.29, 1.82) is 0 Å². The van der Waals surface area contributed by atoms with Crippen LogP contribution in [0.4, 0.5) is 0 Å². The lowest BCUT2D eigenvalue weighted by atomic mass is 10.0. The molecule has 8 heteroatoms. The lowest BCUT2D eigenvalue weighted by Crippen LogP contribution is -2.26. The molecule has 0 aliphatic carbocycles. The predicted octanol–water partition coefficient (Wildman–Crippen LogP) is 4.36. The fraction of sp³-hybridized carbons (Fsp3) is 0.174. The van der Waals surface area contributed by atoms with Gasteiger partial charge in [-0.1, -0.05) is 47.6 Å². The van der Waals surface area contributed by atoms with Crippen LogP contribution < -0.4 is 5.56 Å². The highest BCUT2D eigenvalue weighted by molar-refractivity contribution is 7.98. The third-order valence-electron chi connectivity index (χ3n) is 5.02. The summed E-state index contributed by atoms with van der Waals surface area (Å²) < 4.78 is 3.17. The molecule has 0 bridgehead atoms. The molecule has 158 valence electrons. The number of hydrogen-bond donors (Lipinski definition) is 1. The van der Waals surface area contributed by atoms with Crippen LogP contribution in [-0.4, -0.2) is 31.3 Å². The van der Waals surface area contributed by atoms with E-state index < -0.39 is 6.23 Å². The standard InChI is InChI=1S/C23H20ClN3O3S/c1-14(28)27-22(30)19-11-12-26(21(19)25-23(27)31-2)13-15-3-5-16(6-4-15)20(29)17-7-9-18(24)10-8-17/h3-12,14,28H,13H2,1-2H3. The summed E-state index contributed by atoms with van der Waals surface area (Å²) in [5.74, 6) is -0.0698. The SMILES string of the molecule is CSc1nc2c(ccn2Cc2ccc(C(=O)c3ccc(Cl)cc3)cc2)c(=O)n1C(C)O. The van der Waals surface area contributed by atoms with Crippen molar-refractivity contribution in [3.8, 4) is 0 Å². The third kappa shape index (κ3) is 4.17. The molecule has 4 aromatic rings. The summed E-state index contributed by atoms with van der Waals surface area (Å²) in [4.78, 5) is 30.0. The molecule has 2 heterocycles. The number of aliphatic hydroxyl groups excluding tert-OH is 1. The maximum atomic E-state index is 12.8. The number of nitrogens with zero attached hydrogens (tertiary/aromatic N) is 3. The number of carbonyl (C=O) groups excluding carboxylic acids is 1. The number of fused-ring (bicyclic) bond motifs is 1. The highest BCUT2D eigenvalue weighted by Crippen LogP contribution is 2.20. The van der Waals surface area contributed by atoms with Gasteiger partial charge in [0, 0.05) is 28.9 Å². The first kappa shape index (κ1) is 21.4. The van der Waals surface area contributed by atoms with Crippen molar-refractivity contribution >= 4 is 40.2 Å². The van der Waals surface area contributed by atoms with Crippen LogP contribution in [0.25, 0.3) is 11.0 Å². The number of hydrogen-bond acceptors (Lipinski definition) is 5. The average molecular weight is 454 g/mol. The Bertz CT molecular complexity index is 1310. The van der Waals surface area contributed by atoms with Gasteiger partial charge in [-0.2, -0.15) is 0 Å². The van der Waals surface area contributed by atoms with Gasteiger partial charge in [-0.25, -0.2) is 4.98 Å². The second-order valence-corrected chi connectivity index (χ2v) is 8.33. The second-order valence-electron chi connectivity index (χ2n) is 7.12. The van der Waals surface area contributed by atoms with E-state index >= 15 is 0 Å². The van der Waals surface area contributed by atoms with Gasteiger partial charge >= 0.3 is 0 Å². The molecule has 0 saturated heterocycles. The molecular weight excluding hydrogens is 434 g/mol. The Balaban J connectivity index is 1.62. The van der Waals surface area contributed by atoms with Gasteiger partial charge in [0.2, 0.25) is 0 Å². The molecule has 0 amide bonds. The van der Waals surface area contributed by atoms with Gasteiger partial charge in [-0.15, -0.1) is 0 Å². The normalized spacial score (nSPS) is 12.3. The summed E-state index contributed by atoms with van der Waals surface area (Å²) in [6.07, 6.45) is 2.67. The monoisotopic (exact) mass is 453 g/mol. The van der Waals surface area contributed by atoms with Gasteiger partial charge < -0.3 is 9.67 Å². The highest BCUT2D eigenvalue weighted by Gasteiger charge is 2.16. The van der Waals surface area contributed by atoms with E-state index in [0.29, 0.717) is 38.9 Å². The minimum absolute atomic E-state index is 0.0698. The maximum Gasteiger partial charge on any atom is 0.265 e. The minimum Gasteiger partial charge on any atom is -0.373 e. The van der Waals surface area contributed by atoms with Gasteiger partial charge in [-0.3, -0.25) is 14.2 Å². The molecule has 1 N–H and O–H groups in total. The summed E-state index contributed by atoms with van der Waals surface area (Å²) >= 11 is 7.20. The Morgan fingerprint density at radius 2 is 1.71 bits per heavy atom. The zero-order valence-corrected chi connectivity index (χ0v) is 18.5. The number of ketones is 1. The number of halogens is 1. The molecule has 0 aliphatic rings. The van der Waals surface area contributed by atoms with Crippen LogP contribution in [0.3, 0.4) is 0 Å². The van der Waals surface area contributed by atoms with Gasteiger partial charge in [0.1, 0.15) is 11.9 Å². The molecular formula is C23H20ClN3O3S. The summed E-state index contributed by atoms with van der Waals surface area (Å²) in [5, 5.41) is 11.4. The number of benzene rings is 2. The largest absolute Gasteiger partial charge is 0.373 e. The van der Waals surface area contributed by atoms with Crippen LogP contribution in [0.5, 0.6) is 0 Å². The second kappa shape index (κ2) is 8.70. The zero-order valence-electron chi connectivity index (χ0n) is 16.9. The van der Waals surface area contributed by atoms with E-state index in [1.165, 1.54) is 16.3 Å². The Morgan fingerprint density at radius 1 is 1.10 bits per heavy atom. The smallest absolute Gasteiger partial charge is 0.265 e. The van der Waals surface area contributed by atoms with Crippen molar-refractivity contribution in [2.45, 2.75) is 24.9 Å². The quantitative estimate of drug-likeness (QED) is 0.266. The molecule has 0 radical (unpaired) electrons. The molecule has 2 aromatic heterocycles. The molecule has 0 spiro atoms. The first-order valence-corrected chi connectivity index (χ1v) is 11.2. The fourth-order valence-corrected chi connectivity index (χ4v) is 4.18. The van der Waals surface area contributed by atoms with E-state index in [4.69, 9.17) is 11.6 Å². The van der Waals surface area contributed by atoms with Gasteiger partial charge in [0.05, 0.1) is 5.39 Å². The van der Waals surface area contributed by atoms with Crippen molar-refractivity contribution in [2.75, 3.05) is 6.26 Å². The van der Waals surface area contributed by atoms with Crippen molar-refractivity contribution in [2.24, 2.45) is 0 Å². The topological polar surface area (TPSA) is 77.1 Å². The maximum absolute atomic E-state index is 12.8. The van der Waals surface area contributed by atoms with Crippen LogP contribution in [0.1, 0.15) is 34.6 Å². The zero-order chi connectivity index (χ0) is 22.1. The Labute approximate surface area is 188 Å². The molecule has 31 heavy (non-hydrogen) atoms. The Morgan fingerprint density at radius 3 is 2.29 bits per heavy atom. The Hall–Kier alpha value is -2.87. The average Bonchev–Trinajstić information content (AvgIpc) is 3.16. The lowest BCUT2D eigenvalue weighted by molar-refractivity contribution is 0.103. The predicted molar refractivity (Wildman–Crippen MR) is 123 cm³/mol. The van der Waals surface area contributed by atoms with Crippen molar-refractivity contribution in [3.05, 3.63) is 92.9 Å². The van der Waals surface area contributed by atoms with Crippen LogP contribution >= 0.6 is 23.4 Å². The van der Waals surface area contributed by atoms with E-state index in [1.807, 2.05) is 29.2 Å². The van der Waals surface area contributed by atoms with Crippen LogP contribution in [0.2, 0.25) is 5.02 Å². The van der Waals surface area contributed by atoms with E-state index in [-0.39, 0.29) is 11.3 Å². The van der Waals surface area contributed by atoms with E-state index in [2.05, 4.69) is 4.98 Å². The van der Waals surface area contributed by atoms with Gasteiger partial charge in [0.25, 0.3) is 5.56 Å². The van der Waals surface area contributed by atoms with Crippen molar-refractivity contribution in [3.63, 3.8) is 0 Å². The summed E-state index contributed by atoms with van der Waals surface area (Å²) in [6, 6.07) is 15.9. The van der Waals surface area contributed by atoms with E-state index in [1.54, 1.807) is 49.4 Å². The van der Waals surface area contributed by atoms with Crippen molar-refractivity contribution < 1.29 is 9.90 Å². The summed E-state index contributed by atoms with van der Waals surface area (Å²) in [6.45, 7) is 2.04. The number of rotatable bonds is 6. The molecule has 0 saturated carbocycles. The third-order valence-corrected chi connectivity index (χ3v) is 5.93. The number of aromatic nitrogens is 3. The first-order chi connectivity index (χ1) is 14.9. The van der Waals surface area contributed by atoms with Crippen molar-refractivity contribution in [1.82, 2.24) is 14.1 Å². The molecule has 4 rings (SSSR count). The number of carbonyl (C=O) groups is 1. The van der Waals surface area contributed by atoms with E-state index in [0.717, 1.165) is 5.56 Å². The van der Waals surface area contributed by atoms with Gasteiger partial charge in [0.15, 0.2) is 10.9 Å². The van der Waals surface area contributed by atoms with Crippen LogP contribution in [0, 0.1) is 0 Å². The van der Waals surface area contributed by atoms with Crippen LogP contribution in [0.15, 0.2) is 70.7 Å². The summed E-state index contributed by atoms with van der Waals surface area (Å²) in [7, 11) is 0. The molecule has 6 nitrogen and oxygen atoms in total. The molecule has 0 fully saturated rings. The fourth-order valence-electron chi connectivity index (χ4n) is 3.44. The Kier molecular flexibility index (Phi) is 6.00. The molecule has 1 atom stereocenters. The highest BCUT2D eigenvalue weighted by atomic mass is 35.5. The molecule has 2 aromatic carbocycles. The summed E-state index contributed by atoms with van der Waals surface area (Å²) in [5.41, 5.74) is 2.43.